The van der Waals surface area contributed by atoms with Crippen molar-refractivity contribution in [1.29, 1.82) is 0 Å². The Kier molecular flexibility index (Phi) is 4.95. The van der Waals surface area contributed by atoms with Gasteiger partial charge >= 0.3 is 5.69 Å². The summed E-state index contributed by atoms with van der Waals surface area (Å²) in [5.41, 5.74) is 2.34. The molecular formula is C23H31N5O2. The first-order chi connectivity index (χ1) is 14.1. The summed E-state index contributed by atoms with van der Waals surface area (Å²) in [5.74, 6) is 1.11. The first-order valence-electron chi connectivity index (χ1n) is 10.7. The molecule has 2 atom stereocenters. The van der Waals surface area contributed by atoms with E-state index in [0.29, 0.717) is 11.7 Å². The smallest absolute Gasteiger partial charge is 0.347 e. The molecule has 0 amide bonds. The fraction of sp³-hybridized carbons (Fsp3) is 0.565. The highest BCUT2D eigenvalue weighted by Crippen LogP contribution is 2.54. The molecule has 1 saturated heterocycles. The zero-order valence-electron chi connectivity index (χ0n) is 18.5. The predicted molar refractivity (Wildman–Crippen MR) is 119 cm³/mol. The molecule has 1 saturated carbocycles. The normalized spacial score (nSPS) is 24.9. The molecule has 1 aromatic carbocycles. The van der Waals surface area contributed by atoms with E-state index in [2.05, 4.69) is 54.8 Å². The largest absolute Gasteiger partial charge is 0.353 e. The first-order valence-corrected chi connectivity index (χ1v) is 10.7. The molecule has 4 rings (SSSR count). The molecule has 2 aliphatic rings. The van der Waals surface area contributed by atoms with E-state index in [9.17, 15) is 10.1 Å². The van der Waals surface area contributed by atoms with Crippen LogP contribution in [-0.4, -0.2) is 27.5 Å². The molecule has 2 bridgehead atoms. The second-order valence-electron chi connectivity index (χ2n) is 10.4. The molecule has 1 N–H and O–H groups in total. The second kappa shape index (κ2) is 7.22. The standard InChI is InChI=1S/C23H31N5O2/c1-15(2)16-6-8-17(9-7-16)26-20-19(28(29)30)21(25-14-24-20)27-13-23(5)11-18(27)10-22(3,4)12-23/h6-9,14-15,18H,10-13H2,1-5H3,(H,24,25,26). The van der Waals surface area contributed by atoms with Gasteiger partial charge in [-0.25, -0.2) is 9.97 Å². The van der Waals surface area contributed by atoms with E-state index in [1.165, 1.54) is 11.9 Å². The lowest BCUT2D eigenvalue weighted by Gasteiger charge is -2.39. The number of anilines is 3. The molecule has 0 radical (unpaired) electrons. The third-order valence-electron chi connectivity index (χ3n) is 6.51. The number of nitrogens with zero attached hydrogens (tertiary/aromatic N) is 4. The summed E-state index contributed by atoms with van der Waals surface area (Å²) in [7, 11) is 0. The monoisotopic (exact) mass is 409 g/mol. The number of fused-ring (bicyclic) bond motifs is 2. The number of hydrogen-bond donors (Lipinski definition) is 1. The van der Waals surface area contributed by atoms with Crippen molar-refractivity contribution in [2.45, 2.75) is 65.8 Å². The van der Waals surface area contributed by atoms with E-state index >= 15 is 0 Å². The lowest BCUT2D eigenvalue weighted by molar-refractivity contribution is -0.383. The van der Waals surface area contributed by atoms with Crippen LogP contribution in [0.5, 0.6) is 0 Å². The number of benzene rings is 1. The summed E-state index contributed by atoms with van der Waals surface area (Å²) in [6, 6.07) is 8.21. The molecule has 1 aliphatic heterocycles. The van der Waals surface area contributed by atoms with Gasteiger partial charge in [-0.3, -0.25) is 10.1 Å². The summed E-state index contributed by atoms with van der Waals surface area (Å²) in [6.07, 6.45) is 4.63. The lowest BCUT2D eigenvalue weighted by Crippen LogP contribution is -2.35. The van der Waals surface area contributed by atoms with Crippen molar-refractivity contribution in [2.24, 2.45) is 10.8 Å². The highest BCUT2D eigenvalue weighted by Gasteiger charge is 2.51. The van der Waals surface area contributed by atoms with Gasteiger partial charge in [-0.15, -0.1) is 0 Å². The van der Waals surface area contributed by atoms with Gasteiger partial charge in [-0.1, -0.05) is 46.8 Å². The molecule has 7 heteroatoms. The Morgan fingerprint density at radius 3 is 2.50 bits per heavy atom. The van der Waals surface area contributed by atoms with Gasteiger partial charge in [-0.05, 0) is 53.7 Å². The number of aromatic nitrogens is 2. The number of nitrogens with one attached hydrogen (secondary N) is 1. The van der Waals surface area contributed by atoms with Crippen LogP contribution in [0.25, 0.3) is 0 Å². The maximum Gasteiger partial charge on any atom is 0.353 e. The zero-order valence-corrected chi connectivity index (χ0v) is 18.5. The van der Waals surface area contributed by atoms with Gasteiger partial charge in [0.1, 0.15) is 6.33 Å². The van der Waals surface area contributed by atoms with Crippen molar-refractivity contribution < 1.29 is 4.92 Å². The second-order valence-corrected chi connectivity index (χ2v) is 10.4. The highest BCUT2D eigenvalue weighted by atomic mass is 16.6. The van der Waals surface area contributed by atoms with Crippen molar-refractivity contribution >= 4 is 23.0 Å². The molecule has 160 valence electrons. The molecule has 2 fully saturated rings. The van der Waals surface area contributed by atoms with Crippen LogP contribution in [0.4, 0.5) is 23.0 Å². The van der Waals surface area contributed by atoms with Gasteiger partial charge in [0.2, 0.25) is 11.6 Å². The van der Waals surface area contributed by atoms with Crippen molar-refractivity contribution in [2.75, 3.05) is 16.8 Å². The van der Waals surface area contributed by atoms with E-state index in [0.717, 1.165) is 31.5 Å². The predicted octanol–water partition coefficient (Wildman–Crippen LogP) is 5.66. The minimum atomic E-state index is -0.351. The Hall–Kier alpha value is -2.70. The van der Waals surface area contributed by atoms with Gasteiger partial charge in [0.25, 0.3) is 0 Å². The van der Waals surface area contributed by atoms with Crippen molar-refractivity contribution in [3.63, 3.8) is 0 Å². The lowest BCUT2D eigenvalue weighted by atomic mass is 9.65. The Balaban J connectivity index is 1.68. The summed E-state index contributed by atoms with van der Waals surface area (Å²) in [4.78, 5) is 22.5. The SMILES string of the molecule is CC(C)c1ccc(Nc2ncnc(N3CC4(C)CC3CC(C)(C)C4)c2[N+](=O)[O-])cc1. The van der Waals surface area contributed by atoms with E-state index in [-0.39, 0.29) is 33.3 Å². The van der Waals surface area contributed by atoms with Gasteiger partial charge in [0.05, 0.1) is 4.92 Å². The van der Waals surface area contributed by atoms with E-state index in [4.69, 9.17) is 0 Å². The number of nitro groups is 1. The van der Waals surface area contributed by atoms with Crippen LogP contribution < -0.4 is 10.2 Å². The number of rotatable bonds is 5. The average Bonchev–Trinajstić information content (AvgIpc) is 2.90. The Bertz CT molecular complexity index is 957. The van der Waals surface area contributed by atoms with E-state index in [1.54, 1.807) is 0 Å². The molecule has 1 aliphatic carbocycles. The van der Waals surface area contributed by atoms with Crippen molar-refractivity contribution in [3.8, 4) is 0 Å². The molecule has 2 heterocycles. The summed E-state index contributed by atoms with van der Waals surface area (Å²) in [5, 5.41) is 15.2. The maximum atomic E-state index is 12.1. The average molecular weight is 410 g/mol. The minimum absolute atomic E-state index is 0.0422. The van der Waals surface area contributed by atoms with Crippen molar-refractivity contribution in [3.05, 3.63) is 46.3 Å². The third kappa shape index (κ3) is 3.85. The van der Waals surface area contributed by atoms with Crippen LogP contribution in [0.15, 0.2) is 30.6 Å². The quantitative estimate of drug-likeness (QED) is 0.507. The zero-order chi connectivity index (χ0) is 21.7. The molecule has 2 unspecified atom stereocenters. The van der Waals surface area contributed by atoms with Gasteiger partial charge in [0.15, 0.2) is 0 Å². The topological polar surface area (TPSA) is 84.2 Å². The highest BCUT2D eigenvalue weighted by molar-refractivity contribution is 5.75. The Morgan fingerprint density at radius 2 is 1.87 bits per heavy atom. The maximum absolute atomic E-state index is 12.1. The Morgan fingerprint density at radius 1 is 1.17 bits per heavy atom. The number of hydrogen-bond acceptors (Lipinski definition) is 6. The molecule has 30 heavy (non-hydrogen) atoms. The molecule has 0 spiro atoms. The first kappa shape index (κ1) is 20.6. The van der Waals surface area contributed by atoms with E-state index < -0.39 is 0 Å². The van der Waals surface area contributed by atoms with Crippen LogP contribution in [0.2, 0.25) is 0 Å². The molecule has 1 aromatic heterocycles. The van der Waals surface area contributed by atoms with Gasteiger partial charge in [-0.2, -0.15) is 0 Å². The Labute approximate surface area is 178 Å². The van der Waals surface area contributed by atoms with Crippen molar-refractivity contribution in [1.82, 2.24) is 9.97 Å². The van der Waals surface area contributed by atoms with Gasteiger partial charge < -0.3 is 10.2 Å². The van der Waals surface area contributed by atoms with Crippen LogP contribution in [0.3, 0.4) is 0 Å². The molecule has 7 nitrogen and oxygen atoms in total. The fourth-order valence-electron chi connectivity index (χ4n) is 5.63. The van der Waals surface area contributed by atoms with Crippen LogP contribution in [-0.2, 0) is 0 Å². The minimum Gasteiger partial charge on any atom is -0.347 e. The molecular weight excluding hydrogens is 378 g/mol. The van der Waals surface area contributed by atoms with E-state index in [1.807, 2.05) is 24.3 Å². The third-order valence-corrected chi connectivity index (χ3v) is 6.51. The fourth-order valence-corrected chi connectivity index (χ4v) is 5.63. The van der Waals surface area contributed by atoms with Gasteiger partial charge in [0, 0.05) is 18.3 Å². The molecule has 2 aromatic rings. The summed E-state index contributed by atoms with van der Waals surface area (Å²) >= 11 is 0. The summed E-state index contributed by atoms with van der Waals surface area (Å²) in [6.45, 7) is 12.0. The van der Waals surface area contributed by atoms with Crippen LogP contribution in [0.1, 0.15) is 65.4 Å². The van der Waals surface area contributed by atoms with Crippen LogP contribution >= 0.6 is 0 Å². The summed E-state index contributed by atoms with van der Waals surface area (Å²) < 4.78 is 0. The van der Waals surface area contributed by atoms with Crippen LogP contribution in [0, 0.1) is 20.9 Å².